The summed E-state index contributed by atoms with van der Waals surface area (Å²) in [7, 11) is 4.94. The number of ether oxygens (including phenoxy) is 2. The van der Waals surface area contributed by atoms with E-state index in [0.717, 1.165) is 12.0 Å². The highest BCUT2D eigenvalue weighted by molar-refractivity contribution is 5.96. The third-order valence-corrected chi connectivity index (χ3v) is 3.96. The number of hydrogen-bond acceptors (Lipinski definition) is 4. The molecule has 5 nitrogen and oxygen atoms in total. The molecule has 0 fully saturated rings. The minimum absolute atomic E-state index is 0. The highest BCUT2D eigenvalue weighted by Crippen LogP contribution is 2.30. The molecule has 0 bridgehead atoms. The molecule has 0 saturated carbocycles. The van der Waals surface area contributed by atoms with Crippen LogP contribution in [0.15, 0.2) is 12.1 Å². The van der Waals surface area contributed by atoms with Crippen LogP contribution in [0.5, 0.6) is 11.5 Å². The molecule has 0 spiro atoms. The lowest BCUT2D eigenvalue weighted by Crippen LogP contribution is -2.34. The number of nitrogens with zero attached hydrogens (tertiary/aromatic N) is 1. The molecule has 0 saturated heterocycles. The molecule has 2 N–H and O–H groups in total. The maximum absolute atomic E-state index is 12.6. The van der Waals surface area contributed by atoms with Gasteiger partial charge in [0.1, 0.15) is 0 Å². The topological polar surface area (TPSA) is 64.8 Å². The average Bonchev–Trinajstić information content (AvgIpc) is 2.50. The van der Waals surface area contributed by atoms with Crippen molar-refractivity contribution in [3.8, 4) is 11.5 Å². The van der Waals surface area contributed by atoms with E-state index in [2.05, 4.69) is 13.8 Å². The second kappa shape index (κ2) is 9.63. The summed E-state index contributed by atoms with van der Waals surface area (Å²) in [4.78, 5) is 14.3. The molecule has 0 heterocycles. The predicted octanol–water partition coefficient (Wildman–Crippen LogP) is 2.88. The SMILES string of the molecule is COc1cc(C)c(C(=O)N(C)CCC(N)C(C)C)cc1OC.Cl. The number of rotatable bonds is 7. The number of methoxy groups -OCH3 is 2. The Kier molecular flexibility index (Phi) is 9.02. The van der Waals surface area contributed by atoms with Crippen LogP contribution < -0.4 is 15.2 Å². The van der Waals surface area contributed by atoms with Crippen LogP contribution in [-0.2, 0) is 0 Å². The van der Waals surface area contributed by atoms with Crippen molar-refractivity contribution in [3.63, 3.8) is 0 Å². The van der Waals surface area contributed by atoms with Gasteiger partial charge in [-0.2, -0.15) is 0 Å². The quantitative estimate of drug-likeness (QED) is 0.826. The van der Waals surface area contributed by atoms with Crippen molar-refractivity contribution < 1.29 is 14.3 Å². The third kappa shape index (κ3) is 5.59. The molecule has 1 aromatic rings. The molecule has 132 valence electrons. The van der Waals surface area contributed by atoms with Crippen molar-refractivity contribution in [1.29, 1.82) is 0 Å². The van der Waals surface area contributed by atoms with E-state index in [1.165, 1.54) is 0 Å². The number of carbonyl (C=O) groups excluding carboxylic acids is 1. The first-order valence-electron chi connectivity index (χ1n) is 7.55. The van der Waals surface area contributed by atoms with Crippen molar-refractivity contribution in [3.05, 3.63) is 23.3 Å². The van der Waals surface area contributed by atoms with E-state index in [1.807, 2.05) is 13.0 Å². The van der Waals surface area contributed by atoms with Crippen LogP contribution in [0.2, 0.25) is 0 Å². The van der Waals surface area contributed by atoms with E-state index in [1.54, 1.807) is 32.2 Å². The summed E-state index contributed by atoms with van der Waals surface area (Å²) in [5, 5.41) is 0. The minimum atomic E-state index is -0.0330. The van der Waals surface area contributed by atoms with Crippen LogP contribution >= 0.6 is 12.4 Å². The van der Waals surface area contributed by atoms with E-state index in [9.17, 15) is 4.79 Å². The van der Waals surface area contributed by atoms with Gasteiger partial charge in [-0.05, 0) is 37.0 Å². The van der Waals surface area contributed by atoms with Gasteiger partial charge in [-0.1, -0.05) is 13.8 Å². The first kappa shape index (κ1) is 21.5. The van der Waals surface area contributed by atoms with E-state index in [4.69, 9.17) is 15.2 Å². The van der Waals surface area contributed by atoms with Gasteiger partial charge in [0.2, 0.25) is 0 Å². The van der Waals surface area contributed by atoms with Crippen LogP contribution in [0.4, 0.5) is 0 Å². The number of nitrogens with two attached hydrogens (primary N) is 1. The molecule has 1 unspecified atom stereocenters. The summed E-state index contributed by atoms with van der Waals surface area (Å²) in [5.41, 5.74) is 7.53. The smallest absolute Gasteiger partial charge is 0.254 e. The lowest BCUT2D eigenvalue weighted by Gasteiger charge is -2.22. The second-order valence-electron chi connectivity index (χ2n) is 5.95. The van der Waals surface area contributed by atoms with Gasteiger partial charge in [0.25, 0.3) is 5.91 Å². The monoisotopic (exact) mass is 344 g/mol. The number of carbonyl (C=O) groups is 1. The summed E-state index contributed by atoms with van der Waals surface area (Å²) >= 11 is 0. The van der Waals surface area contributed by atoms with Gasteiger partial charge in [0.15, 0.2) is 11.5 Å². The number of aryl methyl sites for hydroxylation is 1. The van der Waals surface area contributed by atoms with Gasteiger partial charge in [-0.3, -0.25) is 4.79 Å². The Morgan fingerprint density at radius 2 is 1.74 bits per heavy atom. The molecule has 0 aromatic heterocycles. The molecule has 23 heavy (non-hydrogen) atoms. The van der Waals surface area contributed by atoms with E-state index in [0.29, 0.717) is 29.5 Å². The van der Waals surface area contributed by atoms with Crippen LogP contribution in [0.1, 0.15) is 36.2 Å². The molecular weight excluding hydrogens is 316 g/mol. The molecule has 0 aliphatic rings. The largest absolute Gasteiger partial charge is 0.493 e. The molecule has 1 amide bonds. The number of hydrogen-bond donors (Lipinski definition) is 1. The van der Waals surface area contributed by atoms with E-state index < -0.39 is 0 Å². The fourth-order valence-electron chi connectivity index (χ4n) is 2.19. The average molecular weight is 345 g/mol. The van der Waals surface area contributed by atoms with Gasteiger partial charge < -0.3 is 20.1 Å². The summed E-state index contributed by atoms with van der Waals surface area (Å²) < 4.78 is 10.5. The fraction of sp³-hybridized carbons (Fsp3) is 0.588. The van der Waals surface area contributed by atoms with Crippen LogP contribution in [0.3, 0.4) is 0 Å². The summed E-state index contributed by atoms with van der Waals surface area (Å²) in [5.74, 6) is 1.56. The normalized spacial score (nSPS) is 11.7. The number of halogens is 1. The van der Waals surface area contributed by atoms with Crippen molar-refractivity contribution in [1.82, 2.24) is 4.90 Å². The number of benzene rings is 1. The Bertz CT molecular complexity index is 521. The molecule has 0 aliphatic carbocycles. The van der Waals surface area contributed by atoms with Crippen molar-refractivity contribution in [2.24, 2.45) is 11.7 Å². The fourth-order valence-corrected chi connectivity index (χ4v) is 2.19. The summed E-state index contributed by atoms with van der Waals surface area (Å²) in [6.45, 7) is 6.70. The van der Waals surface area contributed by atoms with Gasteiger partial charge >= 0.3 is 0 Å². The lowest BCUT2D eigenvalue weighted by molar-refractivity contribution is 0.0788. The van der Waals surface area contributed by atoms with Crippen LogP contribution in [0.25, 0.3) is 0 Å². The maximum Gasteiger partial charge on any atom is 0.254 e. The second-order valence-corrected chi connectivity index (χ2v) is 5.95. The Morgan fingerprint density at radius 1 is 1.22 bits per heavy atom. The molecular formula is C17H29ClN2O3. The molecule has 0 aliphatic heterocycles. The summed E-state index contributed by atoms with van der Waals surface area (Å²) in [6, 6.07) is 3.65. The zero-order valence-corrected chi connectivity index (χ0v) is 15.7. The minimum Gasteiger partial charge on any atom is -0.493 e. The maximum atomic E-state index is 12.6. The highest BCUT2D eigenvalue weighted by atomic mass is 35.5. The first-order chi connectivity index (χ1) is 10.3. The van der Waals surface area contributed by atoms with Gasteiger partial charge in [0.05, 0.1) is 14.2 Å². The van der Waals surface area contributed by atoms with E-state index in [-0.39, 0.29) is 24.4 Å². The molecule has 0 radical (unpaired) electrons. The zero-order chi connectivity index (χ0) is 16.9. The Labute approximate surface area is 145 Å². The van der Waals surface area contributed by atoms with Gasteiger partial charge in [-0.25, -0.2) is 0 Å². The van der Waals surface area contributed by atoms with Crippen LogP contribution in [0, 0.1) is 12.8 Å². The standard InChI is InChI=1S/C17H28N2O3.ClH/c1-11(2)14(18)7-8-19(4)17(20)13-10-16(22-6)15(21-5)9-12(13)3;/h9-11,14H,7-8,18H2,1-6H3;1H. The summed E-state index contributed by atoms with van der Waals surface area (Å²) in [6.07, 6.45) is 0.784. The van der Waals surface area contributed by atoms with Crippen molar-refractivity contribution in [2.75, 3.05) is 27.8 Å². The zero-order valence-electron chi connectivity index (χ0n) is 14.9. The Morgan fingerprint density at radius 3 is 2.22 bits per heavy atom. The highest BCUT2D eigenvalue weighted by Gasteiger charge is 2.19. The Hall–Kier alpha value is -1.46. The van der Waals surface area contributed by atoms with Crippen LogP contribution in [-0.4, -0.2) is 44.7 Å². The molecule has 1 aromatic carbocycles. The predicted molar refractivity (Wildman–Crippen MR) is 95.9 cm³/mol. The molecule has 6 heteroatoms. The Balaban J connectivity index is 0.00000484. The van der Waals surface area contributed by atoms with Crippen molar-refractivity contribution in [2.45, 2.75) is 33.2 Å². The third-order valence-electron chi connectivity index (χ3n) is 3.96. The lowest BCUT2D eigenvalue weighted by atomic mass is 10.0. The van der Waals surface area contributed by atoms with Gasteiger partial charge in [0, 0.05) is 25.2 Å². The van der Waals surface area contributed by atoms with E-state index >= 15 is 0 Å². The molecule has 1 atom stereocenters. The first-order valence-corrected chi connectivity index (χ1v) is 7.55. The number of amides is 1. The van der Waals surface area contributed by atoms with Crippen molar-refractivity contribution >= 4 is 18.3 Å². The van der Waals surface area contributed by atoms with Gasteiger partial charge in [-0.15, -0.1) is 12.4 Å². The molecule has 1 rings (SSSR count).